The molecule has 0 saturated heterocycles. The maximum absolute atomic E-state index is 12.8. The summed E-state index contributed by atoms with van der Waals surface area (Å²) in [4.78, 5) is 26.2. The Kier molecular flexibility index (Phi) is 6.40. The molecular formula is C23H19NO5S3. The number of carbonyl (C=O) groups excluding carboxylic acids is 2. The molecule has 0 bridgehead atoms. The van der Waals surface area contributed by atoms with Gasteiger partial charge in [-0.3, -0.25) is 4.79 Å². The molecule has 4 aromatic rings. The summed E-state index contributed by atoms with van der Waals surface area (Å²) in [6, 6.07) is 15.9. The number of rotatable bonds is 7. The van der Waals surface area contributed by atoms with E-state index in [0.717, 1.165) is 27.0 Å². The van der Waals surface area contributed by atoms with Gasteiger partial charge in [0, 0.05) is 15.8 Å². The Balaban J connectivity index is 1.59. The molecule has 0 saturated carbocycles. The summed E-state index contributed by atoms with van der Waals surface area (Å²) in [5, 5.41) is 8.20. The van der Waals surface area contributed by atoms with Gasteiger partial charge in [-0.15, -0.1) is 22.7 Å². The van der Waals surface area contributed by atoms with Crippen molar-refractivity contribution in [3.8, 4) is 10.4 Å². The Morgan fingerprint density at radius 3 is 2.50 bits per heavy atom. The minimum absolute atomic E-state index is 0.0717. The zero-order valence-corrected chi connectivity index (χ0v) is 19.5. The number of hydrogen-bond donors (Lipinski definition) is 1. The van der Waals surface area contributed by atoms with Crippen LogP contribution in [-0.4, -0.2) is 32.7 Å². The highest BCUT2D eigenvalue weighted by Gasteiger charge is 2.25. The lowest BCUT2D eigenvalue weighted by Crippen LogP contribution is -2.23. The van der Waals surface area contributed by atoms with E-state index in [2.05, 4.69) is 5.32 Å². The number of carbonyl (C=O) groups is 2. The number of sulfone groups is 1. The summed E-state index contributed by atoms with van der Waals surface area (Å²) in [7, 11) is -3.87. The minimum Gasteiger partial charge on any atom is -0.462 e. The van der Waals surface area contributed by atoms with Crippen molar-refractivity contribution in [2.45, 2.75) is 11.8 Å². The van der Waals surface area contributed by atoms with Crippen LogP contribution in [0, 0.1) is 0 Å². The zero-order valence-electron chi connectivity index (χ0n) is 17.0. The van der Waals surface area contributed by atoms with Gasteiger partial charge in [0.2, 0.25) is 5.91 Å². The predicted molar refractivity (Wildman–Crippen MR) is 128 cm³/mol. The first kappa shape index (κ1) is 22.2. The molecule has 1 amide bonds. The van der Waals surface area contributed by atoms with Gasteiger partial charge in [-0.2, -0.15) is 0 Å². The van der Waals surface area contributed by atoms with E-state index in [1.54, 1.807) is 24.4 Å². The van der Waals surface area contributed by atoms with Crippen molar-refractivity contribution in [2.75, 3.05) is 17.7 Å². The summed E-state index contributed by atoms with van der Waals surface area (Å²) in [5.74, 6) is -2.02. The topological polar surface area (TPSA) is 89.5 Å². The van der Waals surface area contributed by atoms with Crippen LogP contribution in [0.5, 0.6) is 0 Å². The van der Waals surface area contributed by atoms with Crippen LogP contribution in [0.4, 0.5) is 5.00 Å². The van der Waals surface area contributed by atoms with E-state index in [1.807, 2.05) is 41.8 Å². The molecule has 2 aromatic heterocycles. The number of esters is 1. The molecular weight excluding hydrogens is 466 g/mol. The van der Waals surface area contributed by atoms with Gasteiger partial charge in [-0.1, -0.05) is 36.4 Å². The molecule has 2 aromatic carbocycles. The van der Waals surface area contributed by atoms with E-state index in [1.165, 1.54) is 17.4 Å². The molecule has 0 fully saturated rings. The molecule has 32 heavy (non-hydrogen) atoms. The maximum atomic E-state index is 12.8. The molecule has 0 spiro atoms. The van der Waals surface area contributed by atoms with Gasteiger partial charge in [-0.25, -0.2) is 13.2 Å². The number of anilines is 1. The third-order valence-corrected chi connectivity index (χ3v) is 8.12. The molecule has 1 N–H and O–H groups in total. The fourth-order valence-electron chi connectivity index (χ4n) is 3.25. The molecule has 9 heteroatoms. The Morgan fingerprint density at radius 2 is 1.78 bits per heavy atom. The summed E-state index contributed by atoms with van der Waals surface area (Å²) < 4.78 is 30.8. The van der Waals surface area contributed by atoms with Gasteiger partial charge in [0.25, 0.3) is 0 Å². The Hall–Kier alpha value is -3.01. The second kappa shape index (κ2) is 9.23. The summed E-state index contributed by atoms with van der Waals surface area (Å²) in [5.41, 5.74) is 0.881. The highest BCUT2D eigenvalue weighted by Crippen LogP contribution is 2.38. The van der Waals surface area contributed by atoms with Crippen LogP contribution in [0.15, 0.2) is 70.3 Å². The van der Waals surface area contributed by atoms with Crippen molar-refractivity contribution >= 4 is 60.2 Å². The van der Waals surface area contributed by atoms with Crippen LogP contribution < -0.4 is 5.32 Å². The van der Waals surface area contributed by atoms with Crippen molar-refractivity contribution in [1.29, 1.82) is 0 Å². The van der Waals surface area contributed by atoms with Gasteiger partial charge in [0.05, 0.1) is 11.5 Å². The van der Waals surface area contributed by atoms with Crippen LogP contribution in [0.25, 0.3) is 21.2 Å². The molecule has 2 heterocycles. The molecule has 0 unspecified atom stereocenters. The first-order chi connectivity index (χ1) is 15.4. The molecule has 0 aliphatic carbocycles. The van der Waals surface area contributed by atoms with Gasteiger partial charge < -0.3 is 10.1 Å². The number of ether oxygens (including phenoxy) is 1. The number of hydrogen-bond acceptors (Lipinski definition) is 7. The van der Waals surface area contributed by atoms with E-state index < -0.39 is 27.5 Å². The summed E-state index contributed by atoms with van der Waals surface area (Å²) in [6.07, 6.45) is 0. The average molecular weight is 486 g/mol. The van der Waals surface area contributed by atoms with Gasteiger partial charge >= 0.3 is 5.97 Å². The third-order valence-electron chi connectivity index (χ3n) is 4.71. The summed E-state index contributed by atoms with van der Waals surface area (Å²) in [6.45, 7) is 1.88. The highest BCUT2D eigenvalue weighted by atomic mass is 32.2. The smallest absolute Gasteiger partial charge is 0.341 e. The van der Waals surface area contributed by atoms with Crippen LogP contribution >= 0.6 is 22.7 Å². The second-order valence-electron chi connectivity index (χ2n) is 6.87. The van der Waals surface area contributed by atoms with E-state index in [9.17, 15) is 18.0 Å². The number of fused-ring (bicyclic) bond motifs is 1. The fraction of sp³-hybridized carbons (Fsp3) is 0.130. The number of benzene rings is 2. The van der Waals surface area contributed by atoms with Gasteiger partial charge in [0.15, 0.2) is 9.84 Å². The Morgan fingerprint density at radius 1 is 1.00 bits per heavy atom. The average Bonchev–Trinajstić information content (AvgIpc) is 3.43. The number of thiophene rings is 2. The number of nitrogens with one attached hydrogen (secondary N) is 1. The van der Waals surface area contributed by atoms with E-state index >= 15 is 0 Å². The lowest BCUT2D eigenvalue weighted by atomic mass is 10.1. The zero-order chi connectivity index (χ0) is 22.7. The van der Waals surface area contributed by atoms with Crippen molar-refractivity contribution < 1.29 is 22.7 Å². The quantitative estimate of drug-likeness (QED) is 0.363. The van der Waals surface area contributed by atoms with Crippen molar-refractivity contribution in [3.63, 3.8) is 0 Å². The Labute approximate surface area is 193 Å². The normalized spacial score (nSPS) is 11.4. The van der Waals surface area contributed by atoms with E-state index in [-0.39, 0.29) is 22.1 Å². The van der Waals surface area contributed by atoms with Gasteiger partial charge in [0.1, 0.15) is 16.3 Å². The maximum Gasteiger partial charge on any atom is 0.341 e. The predicted octanol–water partition coefficient (Wildman–Crippen LogP) is 5.22. The first-order valence-corrected chi connectivity index (χ1v) is 13.1. The monoisotopic (exact) mass is 485 g/mol. The summed E-state index contributed by atoms with van der Waals surface area (Å²) >= 11 is 2.62. The lowest BCUT2D eigenvalue weighted by molar-refractivity contribution is -0.113. The van der Waals surface area contributed by atoms with Gasteiger partial charge in [-0.05, 0) is 41.3 Å². The van der Waals surface area contributed by atoms with E-state index in [4.69, 9.17) is 4.74 Å². The van der Waals surface area contributed by atoms with Crippen LogP contribution in [0.1, 0.15) is 17.3 Å². The molecule has 0 aliphatic heterocycles. The fourth-order valence-corrected chi connectivity index (χ4v) is 6.20. The van der Waals surface area contributed by atoms with Crippen molar-refractivity contribution in [2.24, 2.45) is 0 Å². The molecule has 4 rings (SSSR count). The third kappa shape index (κ3) is 4.59. The highest BCUT2D eigenvalue weighted by molar-refractivity contribution is 7.92. The minimum atomic E-state index is -3.87. The van der Waals surface area contributed by atoms with E-state index in [0.29, 0.717) is 5.56 Å². The Bertz CT molecular complexity index is 1390. The second-order valence-corrected chi connectivity index (χ2v) is 10.7. The van der Waals surface area contributed by atoms with Crippen LogP contribution in [0.2, 0.25) is 0 Å². The first-order valence-electron chi connectivity index (χ1n) is 9.73. The van der Waals surface area contributed by atoms with Crippen molar-refractivity contribution in [3.05, 3.63) is 70.9 Å². The van der Waals surface area contributed by atoms with Crippen LogP contribution in [0.3, 0.4) is 0 Å². The lowest BCUT2D eigenvalue weighted by Gasteiger charge is -2.09. The molecule has 0 radical (unpaired) electrons. The molecule has 164 valence electrons. The molecule has 0 aliphatic rings. The molecule has 6 nitrogen and oxygen atoms in total. The SMILES string of the molecule is CCOC(=O)c1c(-c2cccs2)csc1NC(=O)CS(=O)(=O)c1ccc2ccccc2c1. The standard InChI is InChI=1S/C23H19NO5S3/c1-2-29-23(26)21-18(19-8-5-11-30-19)13-31-22(21)24-20(25)14-32(27,28)17-10-9-15-6-3-4-7-16(15)12-17/h3-13H,2,14H2,1H3,(H,24,25). The van der Waals surface area contributed by atoms with Crippen LogP contribution in [-0.2, 0) is 19.4 Å². The number of amides is 1. The molecule has 0 atom stereocenters. The van der Waals surface area contributed by atoms with Crippen molar-refractivity contribution in [1.82, 2.24) is 0 Å². The largest absolute Gasteiger partial charge is 0.462 e.